The monoisotopic (exact) mass is 287 g/mol. The first kappa shape index (κ1) is 13.5. The normalized spacial score (nSPS) is 16.9. The molecule has 3 rings (SSSR count). The molecule has 2 aromatic carbocycles. The minimum atomic E-state index is 0.211. The summed E-state index contributed by atoms with van der Waals surface area (Å²) in [4.78, 5) is 0. The number of rotatable bonds is 3. The van der Waals surface area contributed by atoms with Gasteiger partial charge in [-0.3, -0.25) is 0 Å². The van der Waals surface area contributed by atoms with E-state index in [0.717, 1.165) is 34.7 Å². The van der Waals surface area contributed by atoms with Crippen LogP contribution < -0.4 is 10.5 Å². The van der Waals surface area contributed by atoms with E-state index in [1.807, 2.05) is 24.3 Å². The van der Waals surface area contributed by atoms with Crippen LogP contribution in [0, 0.1) is 6.92 Å². The Morgan fingerprint density at radius 2 is 2.00 bits per heavy atom. The van der Waals surface area contributed by atoms with Crippen LogP contribution in [0.15, 0.2) is 36.4 Å². The number of fused-ring (bicyclic) bond motifs is 1. The smallest absolute Gasteiger partial charge is 0.130 e. The van der Waals surface area contributed by atoms with Gasteiger partial charge in [0.1, 0.15) is 11.9 Å². The Hall–Kier alpha value is -1.51. The van der Waals surface area contributed by atoms with E-state index < -0.39 is 0 Å². The first-order valence-electron chi connectivity index (χ1n) is 6.93. The van der Waals surface area contributed by atoms with E-state index in [9.17, 15) is 0 Å². The van der Waals surface area contributed by atoms with E-state index in [0.29, 0.717) is 6.54 Å². The van der Waals surface area contributed by atoms with Crippen molar-refractivity contribution in [3.8, 4) is 16.9 Å². The highest BCUT2D eigenvalue weighted by molar-refractivity contribution is 6.30. The lowest BCUT2D eigenvalue weighted by atomic mass is 9.97. The highest BCUT2D eigenvalue weighted by atomic mass is 35.5. The quantitative estimate of drug-likeness (QED) is 0.927. The average molecular weight is 288 g/mol. The SMILES string of the molecule is Cc1cc2c(c(-c3ccc(Cl)cc3)c1)OC(CCN)C2. The highest BCUT2D eigenvalue weighted by Gasteiger charge is 2.25. The Bertz CT molecular complexity index is 622. The Labute approximate surface area is 124 Å². The molecule has 0 fully saturated rings. The number of ether oxygens (including phenoxy) is 1. The largest absolute Gasteiger partial charge is 0.489 e. The summed E-state index contributed by atoms with van der Waals surface area (Å²) in [5.74, 6) is 1.01. The summed E-state index contributed by atoms with van der Waals surface area (Å²) in [6.45, 7) is 2.78. The van der Waals surface area contributed by atoms with Crippen molar-refractivity contribution in [2.24, 2.45) is 5.73 Å². The van der Waals surface area contributed by atoms with Crippen LogP contribution in [-0.2, 0) is 6.42 Å². The van der Waals surface area contributed by atoms with Gasteiger partial charge < -0.3 is 10.5 Å². The van der Waals surface area contributed by atoms with Gasteiger partial charge in [0.2, 0.25) is 0 Å². The summed E-state index contributed by atoms with van der Waals surface area (Å²) in [6, 6.07) is 12.3. The Morgan fingerprint density at radius 3 is 2.70 bits per heavy atom. The molecule has 0 spiro atoms. The number of hydrogen-bond acceptors (Lipinski definition) is 2. The molecule has 3 heteroatoms. The molecule has 0 saturated carbocycles. The predicted octanol–water partition coefficient (Wildman–Crippen LogP) is 3.97. The van der Waals surface area contributed by atoms with Crippen LogP contribution >= 0.6 is 11.6 Å². The third-order valence-electron chi connectivity index (χ3n) is 3.69. The maximum absolute atomic E-state index is 6.11. The Balaban J connectivity index is 2.03. The molecule has 0 saturated heterocycles. The van der Waals surface area contributed by atoms with Crippen molar-refractivity contribution in [3.05, 3.63) is 52.5 Å². The number of nitrogens with two attached hydrogens (primary N) is 1. The summed E-state index contributed by atoms with van der Waals surface area (Å²) < 4.78 is 6.11. The van der Waals surface area contributed by atoms with Crippen LogP contribution in [0.4, 0.5) is 0 Å². The fraction of sp³-hybridized carbons (Fsp3) is 0.294. The maximum Gasteiger partial charge on any atom is 0.130 e. The molecule has 1 atom stereocenters. The molecule has 20 heavy (non-hydrogen) atoms. The van der Waals surface area contributed by atoms with E-state index in [4.69, 9.17) is 22.1 Å². The molecule has 0 bridgehead atoms. The molecule has 1 aliphatic rings. The van der Waals surface area contributed by atoms with Crippen LogP contribution in [0.5, 0.6) is 5.75 Å². The van der Waals surface area contributed by atoms with Crippen LogP contribution in [0.25, 0.3) is 11.1 Å². The molecule has 2 aromatic rings. The van der Waals surface area contributed by atoms with Gasteiger partial charge in [0.05, 0.1) is 0 Å². The molecule has 1 heterocycles. The van der Waals surface area contributed by atoms with E-state index in [2.05, 4.69) is 19.1 Å². The van der Waals surface area contributed by atoms with Gasteiger partial charge in [-0.25, -0.2) is 0 Å². The molecule has 104 valence electrons. The first-order chi connectivity index (χ1) is 9.67. The minimum absolute atomic E-state index is 0.211. The van der Waals surface area contributed by atoms with Crippen molar-refractivity contribution in [3.63, 3.8) is 0 Å². The number of aryl methyl sites for hydroxylation is 1. The van der Waals surface area contributed by atoms with Crippen molar-refractivity contribution in [2.75, 3.05) is 6.54 Å². The number of halogens is 1. The van der Waals surface area contributed by atoms with Gasteiger partial charge >= 0.3 is 0 Å². The second kappa shape index (κ2) is 5.47. The molecule has 2 N–H and O–H groups in total. The molecule has 0 aromatic heterocycles. The summed E-state index contributed by atoms with van der Waals surface area (Å²) in [6.07, 6.45) is 2.06. The van der Waals surface area contributed by atoms with E-state index in [-0.39, 0.29) is 6.10 Å². The van der Waals surface area contributed by atoms with Gasteiger partial charge in [-0.2, -0.15) is 0 Å². The fourth-order valence-electron chi connectivity index (χ4n) is 2.78. The van der Waals surface area contributed by atoms with Crippen LogP contribution in [0.3, 0.4) is 0 Å². The topological polar surface area (TPSA) is 35.2 Å². The standard InChI is InChI=1S/C17H18ClNO/c1-11-8-13-10-15(6-7-19)20-17(13)16(9-11)12-2-4-14(18)5-3-12/h2-5,8-9,15H,6-7,10,19H2,1H3. The second-order valence-electron chi connectivity index (χ2n) is 5.33. The molecule has 1 unspecified atom stereocenters. The summed E-state index contributed by atoms with van der Waals surface area (Å²) in [7, 11) is 0. The van der Waals surface area contributed by atoms with Crippen LogP contribution in [-0.4, -0.2) is 12.6 Å². The molecule has 1 aliphatic heterocycles. The van der Waals surface area contributed by atoms with E-state index in [1.54, 1.807) is 0 Å². The molecule has 2 nitrogen and oxygen atoms in total. The first-order valence-corrected chi connectivity index (χ1v) is 7.31. The van der Waals surface area contributed by atoms with Crippen molar-refractivity contribution >= 4 is 11.6 Å². The molecular formula is C17H18ClNO. The maximum atomic E-state index is 6.11. The zero-order chi connectivity index (χ0) is 14.1. The van der Waals surface area contributed by atoms with Crippen LogP contribution in [0.2, 0.25) is 5.02 Å². The molecule has 0 radical (unpaired) electrons. The number of benzene rings is 2. The van der Waals surface area contributed by atoms with Gasteiger partial charge in [0.15, 0.2) is 0 Å². The van der Waals surface area contributed by atoms with Crippen molar-refractivity contribution in [2.45, 2.75) is 25.9 Å². The zero-order valence-electron chi connectivity index (χ0n) is 11.5. The van der Waals surface area contributed by atoms with E-state index in [1.165, 1.54) is 11.1 Å². The third kappa shape index (κ3) is 2.54. The lowest BCUT2D eigenvalue weighted by molar-refractivity contribution is 0.225. The van der Waals surface area contributed by atoms with Crippen molar-refractivity contribution < 1.29 is 4.74 Å². The van der Waals surface area contributed by atoms with Crippen molar-refractivity contribution in [1.82, 2.24) is 0 Å². The average Bonchev–Trinajstić information content (AvgIpc) is 2.81. The van der Waals surface area contributed by atoms with E-state index >= 15 is 0 Å². The van der Waals surface area contributed by atoms with Gasteiger partial charge in [-0.1, -0.05) is 29.8 Å². The summed E-state index contributed by atoms with van der Waals surface area (Å²) >= 11 is 5.97. The summed E-state index contributed by atoms with van der Waals surface area (Å²) in [5.41, 5.74) is 10.5. The lowest BCUT2D eigenvalue weighted by Gasteiger charge is -2.12. The summed E-state index contributed by atoms with van der Waals surface area (Å²) in [5, 5.41) is 0.750. The van der Waals surface area contributed by atoms with Gasteiger partial charge in [-0.05, 0) is 54.8 Å². The highest BCUT2D eigenvalue weighted by Crippen LogP contribution is 2.40. The second-order valence-corrected chi connectivity index (χ2v) is 5.77. The Morgan fingerprint density at radius 1 is 1.25 bits per heavy atom. The zero-order valence-corrected chi connectivity index (χ0v) is 12.3. The van der Waals surface area contributed by atoms with Gasteiger partial charge in [0, 0.05) is 17.0 Å². The predicted molar refractivity (Wildman–Crippen MR) is 83.4 cm³/mol. The Kier molecular flexibility index (Phi) is 3.68. The molecular weight excluding hydrogens is 270 g/mol. The molecule has 0 amide bonds. The van der Waals surface area contributed by atoms with Gasteiger partial charge in [-0.15, -0.1) is 0 Å². The number of hydrogen-bond donors (Lipinski definition) is 1. The van der Waals surface area contributed by atoms with Crippen LogP contribution in [0.1, 0.15) is 17.5 Å². The third-order valence-corrected chi connectivity index (χ3v) is 3.94. The minimum Gasteiger partial charge on any atom is -0.489 e. The lowest BCUT2D eigenvalue weighted by Crippen LogP contribution is -2.17. The van der Waals surface area contributed by atoms with Crippen molar-refractivity contribution in [1.29, 1.82) is 0 Å². The van der Waals surface area contributed by atoms with Gasteiger partial charge in [0.25, 0.3) is 0 Å². The molecule has 0 aliphatic carbocycles. The fourth-order valence-corrected chi connectivity index (χ4v) is 2.91.